The van der Waals surface area contributed by atoms with E-state index in [1.165, 1.54) is 0 Å². The number of rotatable bonds is 11. The van der Waals surface area contributed by atoms with Crippen molar-refractivity contribution in [1.29, 1.82) is 0 Å². The second-order valence-electron chi connectivity index (χ2n) is 4.59. The first-order chi connectivity index (χ1) is 8.57. The minimum absolute atomic E-state index is 0.0844. The van der Waals surface area contributed by atoms with Crippen molar-refractivity contribution in [3.8, 4) is 0 Å². The molecule has 110 valence electrons. The number of aliphatic hydroxyl groups is 5. The summed E-state index contributed by atoms with van der Waals surface area (Å²) in [5.41, 5.74) is -2.21. The maximum atomic E-state index is 9.18. The molecule has 0 spiro atoms. The van der Waals surface area contributed by atoms with Crippen molar-refractivity contribution in [2.24, 2.45) is 16.7 Å². The van der Waals surface area contributed by atoms with Gasteiger partial charge in [-0.2, -0.15) is 0 Å². The van der Waals surface area contributed by atoms with Crippen LogP contribution >= 0.6 is 0 Å². The van der Waals surface area contributed by atoms with E-state index in [4.69, 9.17) is 26.0 Å². The highest BCUT2D eigenvalue weighted by molar-refractivity contribution is 4.80. The zero-order valence-electron chi connectivity index (χ0n) is 10.3. The molecule has 0 rings (SSSR count). The van der Waals surface area contributed by atoms with E-state index in [0.717, 1.165) is 0 Å². The standard InChI is InChI=1S/C10H23NO7/c11-18-8-10(4-15,5-16)7-17-6-9(1-12,2-13)3-14/h12-16H,1-8,11H2. The highest BCUT2D eigenvalue weighted by Gasteiger charge is 2.33. The minimum Gasteiger partial charge on any atom is -0.396 e. The van der Waals surface area contributed by atoms with Crippen LogP contribution in [0.15, 0.2) is 0 Å². The van der Waals surface area contributed by atoms with Gasteiger partial charge in [-0.25, -0.2) is 5.90 Å². The number of hydrogen-bond acceptors (Lipinski definition) is 8. The van der Waals surface area contributed by atoms with Crippen LogP contribution in [0.25, 0.3) is 0 Å². The molecule has 0 bridgehead atoms. The van der Waals surface area contributed by atoms with Gasteiger partial charge in [-0.3, -0.25) is 0 Å². The smallest absolute Gasteiger partial charge is 0.0801 e. The summed E-state index contributed by atoms with van der Waals surface area (Å²) in [5.74, 6) is 4.90. The van der Waals surface area contributed by atoms with E-state index in [0.29, 0.717) is 0 Å². The van der Waals surface area contributed by atoms with Gasteiger partial charge in [0, 0.05) is 0 Å². The van der Waals surface area contributed by atoms with Gasteiger partial charge < -0.3 is 35.1 Å². The summed E-state index contributed by atoms with van der Waals surface area (Å²) in [5, 5.41) is 45.6. The van der Waals surface area contributed by atoms with Crippen molar-refractivity contribution in [2.75, 3.05) is 52.9 Å². The summed E-state index contributed by atoms with van der Waals surface area (Å²) in [4.78, 5) is 4.40. The van der Waals surface area contributed by atoms with E-state index in [1.807, 2.05) is 0 Å². The molecule has 18 heavy (non-hydrogen) atoms. The number of nitrogens with two attached hydrogens (primary N) is 1. The lowest BCUT2D eigenvalue weighted by Crippen LogP contribution is -2.44. The Kier molecular flexibility index (Phi) is 8.57. The Balaban J connectivity index is 4.36. The fourth-order valence-electron chi connectivity index (χ4n) is 1.22. The predicted octanol–water partition coefficient (Wildman–Crippen LogP) is -3.17. The number of aliphatic hydroxyl groups excluding tert-OH is 5. The van der Waals surface area contributed by atoms with Crippen molar-refractivity contribution in [3.05, 3.63) is 0 Å². The zero-order valence-corrected chi connectivity index (χ0v) is 10.3. The van der Waals surface area contributed by atoms with E-state index in [2.05, 4.69) is 4.84 Å². The van der Waals surface area contributed by atoms with Gasteiger partial charge in [-0.15, -0.1) is 0 Å². The van der Waals surface area contributed by atoms with E-state index in [1.54, 1.807) is 0 Å². The highest BCUT2D eigenvalue weighted by Crippen LogP contribution is 2.20. The molecule has 0 aromatic heterocycles. The summed E-state index contributed by atoms with van der Waals surface area (Å²) < 4.78 is 5.24. The predicted molar refractivity (Wildman–Crippen MR) is 61.3 cm³/mol. The molecule has 0 saturated heterocycles. The van der Waals surface area contributed by atoms with E-state index in [-0.39, 0.29) is 19.8 Å². The minimum atomic E-state index is -1.15. The van der Waals surface area contributed by atoms with Crippen molar-refractivity contribution in [3.63, 3.8) is 0 Å². The summed E-state index contributed by atoms with van der Waals surface area (Å²) in [7, 11) is 0. The molecular weight excluding hydrogens is 246 g/mol. The van der Waals surface area contributed by atoms with Gasteiger partial charge in [0.15, 0.2) is 0 Å². The lowest BCUT2D eigenvalue weighted by molar-refractivity contribution is -0.112. The average Bonchev–Trinajstić information content (AvgIpc) is 2.43. The van der Waals surface area contributed by atoms with Crippen molar-refractivity contribution < 1.29 is 35.1 Å². The summed E-state index contributed by atoms with van der Waals surface area (Å²) in [6.45, 7) is -2.45. The average molecular weight is 269 g/mol. The summed E-state index contributed by atoms with van der Waals surface area (Å²) >= 11 is 0. The molecule has 0 aliphatic carbocycles. The molecule has 0 amide bonds. The topological polar surface area (TPSA) is 146 Å². The van der Waals surface area contributed by atoms with Gasteiger partial charge in [0.05, 0.1) is 63.7 Å². The molecule has 0 aromatic rings. The molecule has 0 atom stereocenters. The molecule has 0 unspecified atom stereocenters. The van der Waals surface area contributed by atoms with E-state index >= 15 is 0 Å². The number of hydrogen-bond donors (Lipinski definition) is 6. The lowest BCUT2D eigenvalue weighted by atomic mass is 9.91. The van der Waals surface area contributed by atoms with Crippen LogP contribution < -0.4 is 5.90 Å². The van der Waals surface area contributed by atoms with E-state index < -0.39 is 43.9 Å². The van der Waals surface area contributed by atoms with Crippen molar-refractivity contribution in [2.45, 2.75) is 0 Å². The van der Waals surface area contributed by atoms with Gasteiger partial charge in [0.1, 0.15) is 0 Å². The Morgan fingerprint density at radius 2 is 1.06 bits per heavy atom. The third-order valence-corrected chi connectivity index (χ3v) is 2.88. The quantitative estimate of drug-likeness (QED) is 0.215. The van der Waals surface area contributed by atoms with Crippen molar-refractivity contribution in [1.82, 2.24) is 0 Å². The monoisotopic (exact) mass is 269 g/mol. The molecule has 0 saturated carbocycles. The molecule has 0 aliphatic heterocycles. The molecule has 7 N–H and O–H groups in total. The molecule has 0 fully saturated rings. The van der Waals surface area contributed by atoms with Crippen LogP contribution in [0.3, 0.4) is 0 Å². The molecule has 8 nitrogen and oxygen atoms in total. The van der Waals surface area contributed by atoms with Gasteiger partial charge in [0.2, 0.25) is 0 Å². The fourth-order valence-corrected chi connectivity index (χ4v) is 1.22. The Morgan fingerprint density at radius 3 is 1.39 bits per heavy atom. The molecule has 0 heterocycles. The Labute approximate surface area is 106 Å². The first-order valence-electron chi connectivity index (χ1n) is 5.51. The van der Waals surface area contributed by atoms with Crippen LogP contribution in [0.2, 0.25) is 0 Å². The Hall–Kier alpha value is -0.320. The lowest BCUT2D eigenvalue weighted by Gasteiger charge is -2.32. The second-order valence-corrected chi connectivity index (χ2v) is 4.59. The summed E-state index contributed by atoms with van der Waals surface area (Å²) in [6.07, 6.45) is 0. The van der Waals surface area contributed by atoms with Crippen LogP contribution in [0, 0.1) is 10.8 Å². The Bertz CT molecular complexity index is 198. The fraction of sp³-hybridized carbons (Fsp3) is 1.00. The molecule has 0 aliphatic rings. The third-order valence-electron chi connectivity index (χ3n) is 2.88. The molecular formula is C10H23NO7. The van der Waals surface area contributed by atoms with Crippen molar-refractivity contribution >= 4 is 0 Å². The van der Waals surface area contributed by atoms with Crippen LogP contribution in [0.1, 0.15) is 0 Å². The summed E-state index contributed by atoms with van der Waals surface area (Å²) in [6, 6.07) is 0. The zero-order chi connectivity index (χ0) is 14.1. The van der Waals surface area contributed by atoms with Crippen LogP contribution in [-0.4, -0.2) is 78.4 Å². The Morgan fingerprint density at radius 1 is 0.667 bits per heavy atom. The first-order valence-corrected chi connectivity index (χ1v) is 5.51. The molecule has 0 radical (unpaired) electrons. The maximum absolute atomic E-state index is 9.18. The number of ether oxygens (including phenoxy) is 1. The van der Waals surface area contributed by atoms with E-state index in [9.17, 15) is 10.2 Å². The SMILES string of the molecule is NOCC(CO)(CO)COCC(CO)(CO)CO. The van der Waals surface area contributed by atoms with Crippen LogP contribution in [0.4, 0.5) is 0 Å². The van der Waals surface area contributed by atoms with Crippen LogP contribution in [0.5, 0.6) is 0 Å². The molecule has 8 heteroatoms. The first kappa shape index (κ1) is 17.7. The van der Waals surface area contributed by atoms with Gasteiger partial charge in [-0.1, -0.05) is 0 Å². The normalized spacial score (nSPS) is 13.0. The second kappa shape index (κ2) is 8.73. The van der Waals surface area contributed by atoms with Gasteiger partial charge in [-0.05, 0) is 0 Å². The third kappa shape index (κ3) is 4.75. The van der Waals surface area contributed by atoms with Gasteiger partial charge >= 0.3 is 0 Å². The molecule has 0 aromatic carbocycles. The van der Waals surface area contributed by atoms with Gasteiger partial charge in [0.25, 0.3) is 0 Å². The maximum Gasteiger partial charge on any atom is 0.0801 e. The highest BCUT2D eigenvalue weighted by atomic mass is 16.6. The van der Waals surface area contributed by atoms with Crippen LogP contribution in [-0.2, 0) is 9.57 Å². The largest absolute Gasteiger partial charge is 0.396 e.